The summed E-state index contributed by atoms with van der Waals surface area (Å²) in [5.41, 5.74) is 1.20. The summed E-state index contributed by atoms with van der Waals surface area (Å²) < 4.78 is 11.9. The summed E-state index contributed by atoms with van der Waals surface area (Å²) >= 11 is 1.16. The molecule has 0 saturated carbocycles. The Balaban J connectivity index is 2.44. The van der Waals surface area contributed by atoms with Crippen molar-refractivity contribution in [3.05, 3.63) is 23.7 Å². The Morgan fingerprint density at radius 2 is 2.47 bits per heavy atom. The van der Waals surface area contributed by atoms with Gasteiger partial charge in [-0.3, -0.25) is 9.71 Å². The third-order valence-corrected chi connectivity index (χ3v) is 2.36. The zero-order valence-electron chi connectivity index (χ0n) is 8.99. The first-order chi connectivity index (χ1) is 7.26. The van der Waals surface area contributed by atoms with Crippen LogP contribution in [0.2, 0.25) is 0 Å². The lowest BCUT2D eigenvalue weighted by molar-refractivity contribution is 0.511. The Hall–Kier alpha value is -1.23. The molecule has 0 radical (unpaired) electrons. The molecule has 5 heteroatoms. The largest absolute Gasteiger partial charge is 0.467 e. The van der Waals surface area contributed by atoms with Crippen molar-refractivity contribution in [3.63, 3.8) is 0 Å². The molecule has 0 aliphatic heterocycles. The minimum absolute atomic E-state index is 0.552. The van der Waals surface area contributed by atoms with E-state index in [9.17, 15) is 0 Å². The highest BCUT2D eigenvalue weighted by atomic mass is 32.2. The zero-order valence-corrected chi connectivity index (χ0v) is 9.80. The molecule has 15 heavy (non-hydrogen) atoms. The first kappa shape index (κ1) is 11.8. The molecular formula is C10H15N3OS. The van der Waals surface area contributed by atoms with Crippen molar-refractivity contribution in [1.82, 2.24) is 4.72 Å². The fourth-order valence-electron chi connectivity index (χ4n) is 1.02. The van der Waals surface area contributed by atoms with Gasteiger partial charge in [0, 0.05) is 6.72 Å². The predicted molar refractivity (Wildman–Crippen MR) is 65.2 cm³/mol. The molecule has 4 nitrogen and oxygen atoms in total. The van der Waals surface area contributed by atoms with Gasteiger partial charge < -0.3 is 4.42 Å². The average Bonchev–Trinajstić information content (AvgIpc) is 2.71. The van der Waals surface area contributed by atoms with E-state index in [1.165, 1.54) is 5.56 Å². The molecule has 82 valence electrons. The second-order valence-electron chi connectivity index (χ2n) is 3.00. The monoisotopic (exact) mass is 225 g/mol. The summed E-state index contributed by atoms with van der Waals surface area (Å²) in [6, 6.07) is 2.02. The molecule has 1 heterocycles. The molecule has 0 spiro atoms. The Morgan fingerprint density at radius 3 is 3.07 bits per heavy atom. The lowest BCUT2D eigenvalue weighted by Crippen LogP contribution is -2.10. The van der Waals surface area contributed by atoms with E-state index in [-0.39, 0.29) is 0 Å². The van der Waals surface area contributed by atoms with Crippen LogP contribution in [0.25, 0.3) is 0 Å². The van der Waals surface area contributed by atoms with Crippen molar-refractivity contribution in [2.45, 2.75) is 26.8 Å². The molecule has 0 aliphatic rings. The number of hydrogen-bond acceptors (Lipinski definition) is 4. The normalized spacial score (nSPS) is 11.5. The van der Waals surface area contributed by atoms with Crippen LogP contribution >= 0.6 is 12.1 Å². The van der Waals surface area contributed by atoms with Crippen LogP contribution in [-0.4, -0.2) is 12.6 Å². The Bertz CT molecular complexity index is 346. The van der Waals surface area contributed by atoms with Crippen LogP contribution in [0.4, 0.5) is 0 Å². The van der Waals surface area contributed by atoms with Crippen molar-refractivity contribution in [2.24, 2.45) is 9.39 Å². The third-order valence-electron chi connectivity index (χ3n) is 1.85. The van der Waals surface area contributed by atoms with E-state index in [1.54, 1.807) is 6.26 Å². The first-order valence-corrected chi connectivity index (χ1v) is 5.49. The molecule has 0 unspecified atom stereocenters. The maximum atomic E-state index is 5.33. The summed E-state index contributed by atoms with van der Waals surface area (Å²) in [7, 11) is 0. The van der Waals surface area contributed by atoms with Crippen LogP contribution in [0, 0.1) is 0 Å². The lowest BCUT2D eigenvalue weighted by atomic mass is 10.2. The molecule has 0 fully saturated rings. The summed E-state index contributed by atoms with van der Waals surface area (Å²) in [5.74, 6) is 1.69. The van der Waals surface area contributed by atoms with Crippen LogP contribution < -0.4 is 4.72 Å². The van der Waals surface area contributed by atoms with Gasteiger partial charge in [-0.05, 0) is 25.0 Å². The molecule has 0 saturated heterocycles. The van der Waals surface area contributed by atoms with E-state index in [0.29, 0.717) is 6.54 Å². The van der Waals surface area contributed by atoms with Gasteiger partial charge in [-0.1, -0.05) is 6.92 Å². The zero-order chi connectivity index (χ0) is 11.1. The van der Waals surface area contributed by atoms with Crippen LogP contribution in [0.3, 0.4) is 0 Å². The minimum Gasteiger partial charge on any atom is -0.467 e. The molecule has 0 bridgehead atoms. The Labute approximate surface area is 94.1 Å². The second kappa shape index (κ2) is 6.29. The number of rotatable bonds is 5. The second-order valence-corrected chi connectivity index (χ2v) is 3.64. The fraction of sp³-hybridized carbons (Fsp3) is 0.400. The smallest absolute Gasteiger partial charge is 0.125 e. The minimum atomic E-state index is 0.552. The molecule has 0 aliphatic carbocycles. The number of hydrogen-bond donors (Lipinski definition) is 1. The number of aryl methyl sites for hydroxylation is 1. The van der Waals surface area contributed by atoms with Crippen LogP contribution in [0.15, 0.2) is 26.1 Å². The van der Waals surface area contributed by atoms with E-state index in [2.05, 4.69) is 27.8 Å². The average molecular weight is 225 g/mol. The Morgan fingerprint density at radius 1 is 1.67 bits per heavy atom. The number of nitrogens with one attached hydrogen (secondary N) is 1. The number of amidine groups is 1. The number of furan rings is 1. The number of aliphatic imine (C=N–C) groups is 1. The van der Waals surface area contributed by atoms with E-state index in [1.807, 2.05) is 13.0 Å². The van der Waals surface area contributed by atoms with Gasteiger partial charge in [0.25, 0.3) is 0 Å². The summed E-state index contributed by atoms with van der Waals surface area (Å²) in [5, 5.41) is 0. The van der Waals surface area contributed by atoms with Gasteiger partial charge in [0.05, 0.1) is 24.9 Å². The van der Waals surface area contributed by atoms with Crippen molar-refractivity contribution in [3.8, 4) is 0 Å². The molecule has 0 aromatic carbocycles. The van der Waals surface area contributed by atoms with Gasteiger partial charge in [0.1, 0.15) is 11.6 Å². The highest BCUT2D eigenvalue weighted by Crippen LogP contribution is 2.09. The van der Waals surface area contributed by atoms with E-state index < -0.39 is 0 Å². The third kappa shape index (κ3) is 4.20. The SMILES string of the molecule is C=NSNC(C)=NCc1cc(CC)co1. The summed E-state index contributed by atoms with van der Waals surface area (Å²) in [4.78, 5) is 4.28. The van der Waals surface area contributed by atoms with Gasteiger partial charge in [-0.15, -0.1) is 0 Å². The van der Waals surface area contributed by atoms with E-state index in [4.69, 9.17) is 4.42 Å². The summed E-state index contributed by atoms with van der Waals surface area (Å²) in [6.07, 6.45) is 2.76. The molecule has 1 aromatic rings. The standard InChI is InChI=1S/C10H15N3OS/c1-4-9-5-10(14-7-9)6-12-8(2)13-15-11-3/h5,7H,3-4,6H2,1-2H3,(H,12,13). The van der Waals surface area contributed by atoms with Gasteiger partial charge in [0.15, 0.2) is 0 Å². The van der Waals surface area contributed by atoms with Gasteiger partial charge in [-0.25, -0.2) is 4.40 Å². The van der Waals surface area contributed by atoms with Crippen LogP contribution in [-0.2, 0) is 13.0 Å². The molecule has 1 rings (SSSR count). The maximum Gasteiger partial charge on any atom is 0.125 e. The van der Waals surface area contributed by atoms with E-state index in [0.717, 1.165) is 30.2 Å². The maximum absolute atomic E-state index is 5.33. The van der Waals surface area contributed by atoms with Crippen molar-refractivity contribution in [1.29, 1.82) is 0 Å². The topological polar surface area (TPSA) is 49.9 Å². The number of nitrogens with zero attached hydrogens (tertiary/aromatic N) is 2. The molecule has 0 atom stereocenters. The Kier molecular flexibility index (Phi) is 4.97. The van der Waals surface area contributed by atoms with Crippen molar-refractivity contribution in [2.75, 3.05) is 0 Å². The fourth-order valence-corrected chi connectivity index (χ4v) is 1.28. The lowest BCUT2D eigenvalue weighted by Gasteiger charge is -1.98. The molecular weight excluding hydrogens is 210 g/mol. The molecule has 0 amide bonds. The first-order valence-electron chi connectivity index (χ1n) is 4.71. The highest BCUT2D eigenvalue weighted by molar-refractivity contribution is 7.96. The van der Waals surface area contributed by atoms with Gasteiger partial charge >= 0.3 is 0 Å². The van der Waals surface area contributed by atoms with Crippen molar-refractivity contribution < 1.29 is 4.42 Å². The molecule has 1 aromatic heterocycles. The van der Waals surface area contributed by atoms with Crippen molar-refractivity contribution >= 4 is 24.7 Å². The highest BCUT2D eigenvalue weighted by Gasteiger charge is 1.99. The quantitative estimate of drug-likeness (QED) is 0.476. The van der Waals surface area contributed by atoms with Crippen LogP contribution in [0.1, 0.15) is 25.2 Å². The predicted octanol–water partition coefficient (Wildman–Crippen LogP) is 2.61. The summed E-state index contributed by atoms with van der Waals surface area (Å²) in [6.45, 7) is 7.87. The van der Waals surface area contributed by atoms with Crippen LogP contribution in [0.5, 0.6) is 0 Å². The molecule has 1 N–H and O–H groups in total. The van der Waals surface area contributed by atoms with Gasteiger partial charge in [-0.2, -0.15) is 0 Å². The van der Waals surface area contributed by atoms with Gasteiger partial charge in [0.2, 0.25) is 0 Å². The van der Waals surface area contributed by atoms with E-state index >= 15 is 0 Å².